The van der Waals surface area contributed by atoms with Crippen molar-refractivity contribution >= 4 is 17.5 Å². The third-order valence-electron chi connectivity index (χ3n) is 3.54. The first-order chi connectivity index (χ1) is 10.5. The number of hydrogen-bond acceptors (Lipinski definition) is 3. The van der Waals surface area contributed by atoms with Crippen molar-refractivity contribution in [2.45, 2.75) is 26.7 Å². The molecular weight excluding hydrogens is 278 g/mol. The zero-order valence-corrected chi connectivity index (χ0v) is 12.8. The van der Waals surface area contributed by atoms with Crippen LogP contribution in [-0.2, 0) is 9.59 Å². The second kappa shape index (κ2) is 6.90. The van der Waals surface area contributed by atoms with Crippen LogP contribution in [0.5, 0.6) is 0 Å². The summed E-state index contributed by atoms with van der Waals surface area (Å²) in [6, 6.07) is 7.62. The Bertz CT molecular complexity index is 647. The SMILES string of the molecule is Cc1cccc(C)c1NC(=O)CNC(=O)/C(C#N)=C/C1CC1. The molecule has 0 aliphatic heterocycles. The topological polar surface area (TPSA) is 82.0 Å². The van der Waals surface area contributed by atoms with Crippen molar-refractivity contribution in [2.75, 3.05) is 11.9 Å². The zero-order chi connectivity index (χ0) is 16.1. The largest absolute Gasteiger partial charge is 0.342 e. The molecule has 2 amide bonds. The number of nitrogens with zero attached hydrogens (tertiary/aromatic N) is 1. The van der Waals surface area contributed by atoms with E-state index in [2.05, 4.69) is 10.6 Å². The molecule has 5 nitrogen and oxygen atoms in total. The van der Waals surface area contributed by atoms with Crippen LogP contribution in [-0.4, -0.2) is 18.4 Å². The highest BCUT2D eigenvalue weighted by Crippen LogP contribution is 2.31. The van der Waals surface area contributed by atoms with Gasteiger partial charge in [-0.2, -0.15) is 5.26 Å². The first-order valence-electron chi connectivity index (χ1n) is 7.27. The van der Waals surface area contributed by atoms with Crippen LogP contribution in [0.15, 0.2) is 29.8 Å². The number of benzene rings is 1. The highest BCUT2D eigenvalue weighted by atomic mass is 16.2. The van der Waals surface area contributed by atoms with Crippen molar-refractivity contribution in [3.05, 3.63) is 41.0 Å². The van der Waals surface area contributed by atoms with Crippen LogP contribution in [0.1, 0.15) is 24.0 Å². The Morgan fingerprint density at radius 2 is 1.95 bits per heavy atom. The minimum Gasteiger partial charge on any atom is -0.342 e. The van der Waals surface area contributed by atoms with Crippen molar-refractivity contribution in [2.24, 2.45) is 5.92 Å². The van der Waals surface area contributed by atoms with Crippen LogP contribution in [0, 0.1) is 31.1 Å². The van der Waals surface area contributed by atoms with Gasteiger partial charge in [-0.15, -0.1) is 0 Å². The summed E-state index contributed by atoms with van der Waals surface area (Å²) in [6.45, 7) is 3.66. The van der Waals surface area contributed by atoms with Crippen LogP contribution in [0.2, 0.25) is 0 Å². The Hall–Kier alpha value is -2.61. The van der Waals surface area contributed by atoms with Gasteiger partial charge in [-0.3, -0.25) is 9.59 Å². The molecule has 0 unspecified atom stereocenters. The molecule has 1 aliphatic carbocycles. The third kappa shape index (κ3) is 4.19. The third-order valence-corrected chi connectivity index (χ3v) is 3.54. The van der Waals surface area contributed by atoms with Gasteiger partial charge in [-0.05, 0) is 43.7 Å². The first-order valence-corrected chi connectivity index (χ1v) is 7.27. The Morgan fingerprint density at radius 3 is 2.50 bits per heavy atom. The highest BCUT2D eigenvalue weighted by molar-refractivity contribution is 6.01. The van der Waals surface area contributed by atoms with E-state index >= 15 is 0 Å². The van der Waals surface area contributed by atoms with Gasteiger partial charge in [-0.1, -0.05) is 24.3 Å². The monoisotopic (exact) mass is 297 g/mol. The molecular formula is C17H19N3O2. The van der Waals surface area contributed by atoms with Gasteiger partial charge in [0.25, 0.3) is 5.91 Å². The van der Waals surface area contributed by atoms with E-state index in [1.165, 1.54) is 0 Å². The lowest BCUT2D eigenvalue weighted by Crippen LogP contribution is -2.33. The lowest BCUT2D eigenvalue weighted by atomic mass is 10.1. The number of allylic oxidation sites excluding steroid dienone is 1. The van der Waals surface area contributed by atoms with Gasteiger partial charge in [0.2, 0.25) is 5.91 Å². The molecule has 22 heavy (non-hydrogen) atoms. The summed E-state index contributed by atoms with van der Waals surface area (Å²) >= 11 is 0. The van der Waals surface area contributed by atoms with Crippen LogP contribution in [0.4, 0.5) is 5.69 Å². The number of para-hydroxylation sites is 1. The van der Waals surface area contributed by atoms with E-state index < -0.39 is 5.91 Å². The minimum absolute atomic E-state index is 0.0855. The van der Waals surface area contributed by atoms with E-state index in [9.17, 15) is 9.59 Å². The lowest BCUT2D eigenvalue weighted by Gasteiger charge is -2.11. The van der Waals surface area contributed by atoms with Gasteiger partial charge in [0, 0.05) is 5.69 Å². The van der Waals surface area contributed by atoms with Crippen molar-refractivity contribution in [1.82, 2.24) is 5.32 Å². The fourth-order valence-corrected chi connectivity index (χ4v) is 2.11. The van der Waals surface area contributed by atoms with Crippen LogP contribution in [0.25, 0.3) is 0 Å². The predicted octanol–water partition coefficient (Wildman–Crippen LogP) is 2.22. The van der Waals surface area contributed by atoms with Crippen LogP contribution >= 0.6 is 0 Å². The maximum atomic E-state index is 11.9. The Labute approximate surface area is 130 Å². The lowest BCUT2D eigenvalue weighted by molar-refractivity contribution is -0.121. The van der Waals surface area contributed by atoms with Gasteiger partial charge in [0.15, 0.2) is 0 Å². The molecule has 114 valence electrons. The molecule has 1 aliphatic rings. The van der Waals surface area contributed by atoms with Gasteiger partial charge in [0.05, 0.1) is 6.54 Å². The van der Waals surface area contributed by atoms with Crippen molar-refractivity contribution < 1.29 is 9.59 Å². The fraction of sp³-hybridized carbons (Fsp3) is 0.353. The van der Waals surface area contributed by atoms with Crippen molar-refractivity contribution in [3.8, 4) is 6.07 Å². The van der Waals surface area contributed by atoms with E-state index in [1.54, 1.807) is 6.08 Å². The van der Waals surface area contributed by atoms with Gasteiger partial charge in [-0.25, -0.2) is 0 Å². The number of nitrogens with one attached hydrogen (secondary N) is 2. The summed E-state index contributed by atoms with van der Waals surface area (Å²) in [7, 11) is 0. The van der Waals surface area contributed by atoms with Gasteiger partial charge >= 0.3 is 0 Å². The molecule has 0 saturated heterocycles. The number of aryl methyl sites for hydroxylation is 2. The number of carbonyl (C=O) groups is 2. The molecule has 0 spiro atoms. The molecule has 1 saturated carbocycles. The van der Waals surface area contributed by atoms with Gasteiger partial charge in [0.1, 0.15) is 11.6 Å². The number of hydrogen-bond donors (Lipinski definition) is 2. The average molecular weight is 297 g/mol. The Kier molecular flexibility index (Phi) is 4.95. The predicted molar refractivity (Wildman–Crippen MR) is 84.0 cm³/mol. The summed E-state index contributed by atoms with van der Waals surface area (Å²) in [4.78, 5) is 23.8. The molecule has 2 N–H and O–H groups in total. The second-order valence-electron chi connectivity index (χ2n) is 5.53. The minimum atomic E-state index is -0.494. The maximum absolute atomic E-state index is 11.9. The van der Waals surface area contributed by atoms with Crippen molar-refractivity contribution in [3.63, 3.8) is 0 Å². The molecule has 1 fully saturated rings. The molecule has 5 heteroatoms. The molecule has 0 aromatic heterocycles. The summed E-state index contributed by atoms with van der Waals surface area (Å²) in [5.74, 6) is -0.468. The highest BCUT2D eigenvalue weighted by Gasteiger charge is 2.21. The summed E-state index contributed by atoms with van der Waals surface area (Å²) < 4.78 is 0. The second-order valence-corrected chi connectivity index (χ2v) is 5.53. The summed E-state index contributed by atoms with van der Waals surface area (Å²) in [5.41, 5.74) is 2.77. The van der Waals surface area contributed by atoms with E-state index in [0.29, 0.717) is 5.92 Å². The molecule has 0 heterocycles. The van der Waals surface area contributed by atoms with E-state index in [4.69, 9.17) is 5.26 Å². The normalized spacial score (nSPS) is 14.1. The molecule has 0 atom stereocenters. The fourth-order valence-electron chi connectivity index (χ4n) is 2.11. The molecule has 2 rings (SSSR count). The summed E-state index contributed by atoms with van der Waals surface area (Å²) in [5, 5.41) is 14.2. The molecule has 0 bridgehead atoms. The number of nitriles is 1. The number of rotatable bonds is 5. The standard InChI is InChI=1S/C17H19N3O2/c1-11-4-3-5-12(2)16(11)20-15(21)10-19-17(22)14(9-18)8-13-6-7-13/h3-5,8,13H,6-7,10H2,1-2H3,(H,19,22)(H,20,21)/b14-8+. The average Bonchev–Trinajstić information content (AvgIpc) is 3.30. The molecule has 0 radical (unpaired) electrons. The number of amides is 2. The van der Waals surface area contributed by atoms with Crippen LogP contribution < -0.4 is 10.6 Å². The smallest absolute Gasteiger partial charge is 0.262 e. The van der Waals surface area contributed by atoms with E-state index in [-0.39, 0.29) is 18.0 Å². The van der Waals surface area contributed by atoms with Gasteiger partial charge < -0.3 is 10.6 Å². The van der Waals surface area contributed by atoms with Crippen molar-refractivity contribution in [1.29, 1.82) is 5.26 Å². The maximum Gasteiger partial charge on any atom is 0.262 e. The molecule has 1 aromatic carbocycles. The Balaban J connectivity index is 1.90. The quantitative estimate of drug-likeness (QED) is 0.646. The summed E-state index contributed by atoms with van der Waals surface area (Å²) in [6.07, 6.45) is 3.72. The van der Waals surface area contributed by atoms with E-state index in [0.717, 1.165) is 29.7 Å². The number of carbonyl (C=O) groups excluding carboxylic acids is 2. The molecule has 1 aromatic rings. The number of anilines is 1. The van der Waals surface area contributed by atoms with Crippen LogP contribution in [0.3, 0.4) is 0 Å². The van der Waals surface area contributed by atoms with E-state index in [1.807, 2.05) is 38.1 Å². The first kappa shape index (κ1) is 15.8. The Morgan fingerprint density at radius 1 is 1.32 bits per heavy atom. The zero-order valence-electron chi connectivity index (χ0n) is 12.8.